The largest absolute Gasteiger partial charge is 0.598 e. The van der Waals surface area contributed by atoms with Gasteiger partial charge in [0.25, 0.3) is 0 Å². The van der Waals surface area contributed by atoms with Crippen LogP contribution >= 0.6 is 0 Å². The van der Waals surface area contributed by atoms with Crippen LogP contribution in [-0.4, -0.2) is 22.4 Å². The van der Waals surface area contributed by atoms with E-state index in [2.05, 4.69) is 4.72 Å². The molecule has 1 rings (SSSR count). The Kier molecular flexibility index (Phi) is 5.62. The molecule has 0 amide bonds. The van der Waals surface area contributed by atoms with E-state index in [0.717, 1.165) is 5.56 Å². The fraction of sp³-hybridized carbons (Fsp3) is 0.533. The van der Waals surface area contributed by atoms with Crippen molar-refractivity contribution >= 4 is 17.3 Å². The van der Waals surface area contributed by atoms with Crippen LogP contribution in [0.3, 0.4) is 0 Å². The Morgan fingerprint density at radius 1 is 1.25 bits per heavy atom. The van der Waals surface area contributed by atoms with Crippen molar-refractivity contribution in [1.29, 1.82) is 0 Å². The summed E-state index contributed by atoms with van der Waals surface area (Å²) in [6.07, 6.45) is 0.120. The Balaban J connectivity index is 3.05. The molecular weight excluding hydrogens is 274 g/mol. The van der Waals surface area contributed by atoms with E-state index in [4.69, 9.17) is 4.74 Å². The third kappa shape index (κ3) is 4.51. The Bertz CT molecular complexity index is 444. The van der Waals surface area contributed by atoms with E-state index >= 15 is 0 Å². The summed E-state index contributed by atoms with van der Waals surface area (Å²) in [6, 6.07) is 9.52. The first-order valence-electron chi connectivity index (χ1n) is 6.51. The zero-order valence-electron chi connectivity index (χ0n) is 12.7. The van der Waals surface area contributed by atoms with Crippen molar-refractivity contribution in [1.82, 2.24) is 4.72 Å². The summed E-state index contributed by atoms with van der Waals surface area (Å²) in [5.41, 5.74) is 0.176. The van der Waals surface area contributed by atoms with Gasteiger partial charge in [-0.05, 0) is 33.3 Å². The number of benzene rings is 1. The summed E-state index contributed by atoms with van der Waals surface area (Å²) in [7, 11) is 1.36. The molecule has 0 heterocycles. The summed E-state index contributed by atoms with van der Waals surface area (Å²) in [5.74, 6) is -0.338. The molecule has 1 N–H and O–H groups in total. The van der Waals surface area contributed by atoms with E-state index in [1.807, 2.05) is 58.0 Å². The zero-order valence-corrected chi connectivity index (χ0v) is 13.5. The Hall–Kier alpha value is -1.04. The van der Waals surface area contributed by atoms with Crippen LogP contribution in [0.4, 0.5) is 0 Å². The smallest absolute Gasteiger partial charge is 0.307 e. The molecule has 112 valence electrons. The van der Waals surface area contributed by atoms with Gasteiger partial charge >= 0.3 is 5.97 Å². The summed E-state index contributed by atoms with van der Waals surface area (Å²) in [4.78, 5) is 11.7. The van der Waals surface area contributed by atoms with Crippen LogP contribution in [-0.2, 0) is 26.4 Å². The second-order valence-corrected chi connectivity index (χ2v) is 7.90. The van der Waals surface area contributed by atoms with Gasteiger partial charge in [-0.3, -0.25) is 4.79 Å². The second-order valence-electron chi connectivity index (χ2n) is 5.93. The molecule has 1 unspecified atom stereocenters. The lowest BCUT2D eigenvalue weighted by atomic mass is 9.90. The predicted octanol–water partition coefficient (Wildman–Crippen LogP) is 2.52. The van der Waals surface area contributed by atoms with Gasteiger partial charge in [-0.1, -0.05) is 30.3 Å². The molecule has 0 spiro atoms. The molecule has 0 aliphatic heterocycles. The van der Waals surface area contributed by atoms with E-state index < -0.39 is 21.6 Å². The van der Waals surface area contributed by atoms with Gasteiger partial charge in [-0.25, -0.2) is 0 Å². The highest BCUT2D eigenvalue weighted by Crippen LogP contribution is 2.28. The van der Waals surface area contributed by atoms with Crippen molar-refractivity contribution in [2.45, 2.75) is 44.4 Å². The Morgan fingerprint density at radius 3 is 2.25 bits per heavy atom. The zero-order chi connectivity index (χ0) is 15.4. The molecule has 0 bridgehead atoms. The van der Waals surface area contributed by atoms with E-state index in [-0.39, 0.29) is 12.4 Å². The monoisotopic (exact) mass is 297 g/mol. The van der Waals surface area contributed by atoms with E-state index in [9.17, 15) is 9.35 Å². The molecule has 4 nitrogen and oxygen atoms in total. The van der Waals surface area contributed by atoms with E-state index in [1.165, 1.54) is 7.11 Å². The molecule has 20 heavy (non-hydrogen) atoms. The van der Waals surface area contributed by atoms with Crippen molar-refractivity contribution in [2.75, 3.05) is 7.11 Å². The minimum atomic E-state index is -1.28. The number of rotatable bonds is 5. The highest BCUT2D eigenvalue weighted by atomic mass is 32.2. The van der Waals surface area contributed by atoms with Crippen LogP contribution in [0.2, 0.25) is 0 Å². The number of nitrogens with one attached hydrogen (secondary N) is 1. The van der Waals surface area contributed by atoms with Crippen LogP contribution in [0.5, 0.6) is 0 Å². The molecule has 0 fully saturated rings. The molecule has 0 saturated carbocycles. The number of carbonyl (C=O) groups is 1. The normalized spacial score (nSPS) is 16.3. The van der Waals surface area contributed by atoms with Crippen LogP contribution in [0.25, 0.3) is 0 Å². The first kappa shape index (κ1) is 17.0. The minimum Gasteiger partial charge on any atom is -0.598 e. The molecule has 0 saturated heterocycles. The van der Waals surface area contributed by atoms with Crippen LogP contribution in [0.15, 0.2) is 30.3 Å². The van der Waals surface area contributed by atoms with Gasteiger partial charge in [0.1, 0.15) is 4.75 Å². The van der Waals surface area contributed by atoms with Crippen LogP contribution in [0.1, 0.15) is 39.7 Å². The number of carbonyl (C=O) groups excluding carboxylic acids is 1. The summed E-state index contributed by atoms with van der Waals surface area (Å²) in [5, 5.41) is 0. The highest BCUT2D eigenvalue weighted by Gasteiger charge is 2.38. The SMILES string of the molecule is COC(=O)CC(C)(N[S@+]([O-])C(C)(C)C)c1ccccc1. The average molecular weight is 297 g/mol. The van der Waals surface area contributed by atoms with Gasteiger partial charge in [0.2, 0.25) is 0 Å². The summed E-state index contributed by atoms with van der Waals surface area (Å²) in [6.45, 7) is 7.53. The fourth-order valence-corrected chi connectivity index (χ4v) is 2.63. The van der Waals surface area contributed by atoms with Crippen LogP contribution < -0.4 is 4.72 Å². The number of ether oxygens (including phenoxy) is 1. The number of methoxy groups -OCH3 is 1. The Morgan fingerprint density at radius 2 is 1.80 bits per heavy atom. The number of hydrogen-bond acceptors (Lipinski definition) is 4. The first-order chi connectivity index (χ1) is 9.19. The lowest BCUT2D eigenvalue weighted by molar-refractivity contribution is -0.142. The summed E-state index contributed by atoms with van der Waals surface area (Å²) < 4.78 is 19.8. The fourth-order valence-electron chi connectivity index (χ4n) is 1.72. The lowest BCUT2D eigenvalue weighted by Gasteiger charge is -2.34. The van der Waals surface area contributed by atoms with E-state index in [1.54, 1.807) is 0 Å². The minimum absolute atomic E-state index is 0.120. The molecule has 0 aliphatic carbocycles. The quantitative estimate of drug-likeness (QED) is 0.670. The van der Waals surface area contributed by atoms with Crippen LogP contribution in [0, 0.1) is 0 Å². The van der Waals surface area contributed by atoms with Gasteiger partial charge in [0.15, 0.2) is 0 Å². The third-order valence-corrected chi connectivity index (χ3v) is 4.76. The van der Waals surface area contributed by atoms with Crippen molar-refractivity contribution < 1.29 is 14.1 Å². The van der Waals surface area contributed by atoms with E-state index in [0.29, 0.717) is 0 Å². The topological polar surface area (TPSA) is 61.4 Å². The lowest BCUT2D eigenvalue weighted by Crippen LogP contribution is -2.50. The van der Waals surface area contributed by atoms with Gasteiger partial charge in [0, 0.05) is 11.4 Å². The van der Waals surface area contributed by atoms with Crippen molar-refractivity contribution in [3.05, 3.63) is 35.9 Å². The second kappa shape index (κ2) is 6.61. The van der Waals surface area contributed by atoms with Crippen molar-refractivity contribution in [2.24, 2.45) is 0 Å². The third-order valence-electron chi connectivity index (χ3n) is 3.01. The van der Waals surface area contributed by atoms with Gasteiger partial charge in [-0.15, -0.1) is 4.72 Å². The number of hydrogen-bond donors (Lipinski definition) is 1. The molecule has 5 heteroatoms. The Labute approximate surface area is 124 Å². The summed E-state index contributed by atoms with van der Waals surface area (Å²) >= 11 is -1.28. The maximum atomic E-state index is 12.4. The molecule has 1 aromatic carbocycles. The molecule has 0 aromatic heterocycles. The standard InChI is InChI=1S/C15H23NO3S/c1-14(2,3)20(18)16-15(4,11-13(17)19-5)12-9-7-6-8-10-12/h6-10,16H,11H2,1-5H3/t15?,20-/m1/s1. The van der Waals surface area contributed by atoms with Crippen molar-refractivity contribution in [3.8, 4) is 0 Å². The number of esters is 1. The highest BCUT2D eigenvalue weighted by molar-refractivity contribution is 7.90. The molecular formula is C15H23NO3S. The first-order valence-corrected chi connectivity index (χ1v) is 7.66. The van der Waals surface area contributed by atoms with Crippen molar-refractivity contribution in [3.63, 3.8) is 0 Å². The maximum absolute atomic E-state index is 12.4. The maximum Gasteiger partial charge on any atom is 0.307 e. The molecule has 1 aromatic rings. The van der Waals surface area contributed by atoms with Gasteiger partial charge in [0.05, 0.1) is 19.1 Å². The molecule has 0 radical (unpaired) electrons. The molecule has 0 aliphatic rings. The molecule has 2 atom stereocenters. The predicted molar refractivity (Wildman–Crippen MR) is 81.5 cm³/mol. The van der Waals surface area contributed by atoms with Gasteiger partial charge < -0.3 is 9.29 Å². The average Bonchev–Trinajstić information content (AvgIpc) is 2.38. The van der Waals surface area contributed by atoms with Gasteiger partial charge in [-0.2, -0.15) is 0 Å².